The van der Waals surface area contributed by atoms with Gasteiger partial charge in [-0.1, -0.05) is 38.4 Å². The minimum absolute atomic E-state index is 0.00239. The van der Waals surface area contributed by atoms with Gasteiger partial charge in [0.2, 0.25) is 0 Å². The van der Waals surface area contributed by atoms with Crippen LogP contribution in [0.25, 0.3) is 10.9 Å². The summed E-state index contributed by atoms with van der Waals surface area (Å²) in [5.74, 6) is 0.608. The van der Waals surface area contributed by atoms with Crippen molar-refractivity contribution in [3.05, 3.63) is 70.4 Å². The molecule has 5 heteroatoms. The van der Waals surface area contributed by atoms with E-state index in [1.54, 1.807) is 19.4 Å². The molecule has 0 bridgehead atoms. The Morgan fingerprint density at radius 2 is 1.97 bits per heavy atom. The molecule has 3 rings (SSSR count). The minimum Gasteiger partial charge on any atom is -0.496 e. The van der Waals surface area contributed by atoms with Gasteiger partial charge in [0.1, 0.15) is 5.75 Å². The fourth-order valence-electron chi connectivity index (χ4n) is 3.48. The predicted molar refractivity (Wildman–Crippen MR) is 119 cm³/mol. The highest BCUT2D eigenvalue weighted by Crippen LogP contribution is 2.36. The Morgan fingerprint density at radius 3 is 2.66 bits per heavy atom. The summed E-state index contributed by atoms with van der Waals surface area (Å²) in [5.41, 5.74) is 3.35. The average Bonchev–Trinajstić information content (AvgIpc) is 2.67. The Labute approximate surface area is 177 Å². The normalized spacial score (nSPS) is 12.6. The minimum atomic E-state index is -0.218. The van der Waals surface area contributed by atoms with E-state index in [1.807, 2.05) is 43.3 Å². The van der Waals surface area contributed by atoms with Crippen LogP contribution in [0.3, 0.4) is 0 Å². The first-order valence-electron chi connectivity index (χ1n) is 9.67. The molecule has 1 amide bonds. The molecule has 0 aliphatic rings. The van der Waals surface area contributed by atoms with Gasteiger partial charge in [-0.15, -0.1) is 0 Å². The predicted octanol–water partition coefficient (Wildman–Crippen LogP) is 6.11. The number of pyridine rings is 1. The van der Waals surface area contributed by atoms with Crippen LogP contribution in [0.1, 0.15) is 54.7 Å². The lowest BCUT2D eigenvalue weighted by Gasteiger charge is -2.28. The van der Waals surface area contributed by atoms with E-state index in [4.69, 9.17) is 16.3 Å². The van der Waals surface area contributed by atoms with E-state index in [-0.39, 0.29) is 17.4 Å². The van der Waals surface area contributed by atoms with Crippen molar-refractivity contribution in [2.45, 2.75) is 40.2 Å². The zero-order valence-electron chi connectivity index (χ0n) is 17.5. The molecule has 29 heavy (non-hydrogen) atoms. The van der Waals surface area contributed by atoms with Gasteiger partial charge < -0.3 is 10.1 Å². The number of ether oxygens (including phenoxy) is 1. The molecule has 0 fully saturated rings. The summed E-state index contributed by atoms with van der Waals surface area (Å²) in [6.07, 6.45) is 2.49. The van der Waals surface area contributed by atoms with E-state index in [0.29, 0.717) is 10.6 Å². The molecular weight excluding hydrogens is 384 g/mol. The SMILES string of the molecule is COc1cc(Cl)c([C@H](CC(C)(C)C)NC(=O)c2ccc3ncccc3c2)cc1C. The van der Waals surface area contributed by atoms with E-state index in [0.717, 1.165) is 34.2 Å². The van der Waals surface area contributed by atoms with Crippen LogP contribution in [0.5, 0.6) is 5.75 Å². The zero-order chi connectivity index (χ0) is 21.2. The van der Waals surface area contributed by atoms with Gasteiger partial charge in [-0.2, -0.15) is 0 Å². The van der Waals surface area contributed by atoms with Crippen LogP contribution in [-0.4, -0.2) is 18.0 Å². The van der Waals surface area contributed by atoms with Crippen LogP contribution in [0.15, 0.2) is 48.7 Å². The average molecular weight is 411 g/mol. The molecule has 0 spiro atoms. The monoisotopic (exact) mass is 410 g/mol. The molecule has 0 radical (unpaired) electrons. The molecule has 4 nitrogen and oxygen atoms in total. The quantitative estimate of drug-likeness (QED) is 0.551. The van der Waals surface area contributed by atoms with Crippen molar-refractivity contribution in [3.63, 3.8) is 0 Å². The third kappa shape index (κ3) is 5.07. The van der Waals surface area contributed by atoms with Crippen molar-refractivity contribution in [1.29, 1.82) is 0 Å². The number of nitrogens with zero attached hydrogens (tertiary/aromatic N) is 1. The summed E-state index contributed by atoms with van der Waals surface area (Å²) in [5, 5.41) is 4.72. The van der Waals surface area contributed by atoms with E-state index >= 15 is 0 Å². The molecule has 152 valence electrons. The van der Waals surface area contributed by atoms with Crippen molar-refractivity contribution >= 4 is 28.4 Å². The van der Waals surface area contributed by atoms with Crippen molar-refractivity contribution in [2.24, 2.45) is 5.41 Å². The molecule has 0 saturated carbocycles. The van der Waals surface area contributed by atoms with Gasteiger partial charge in [0.25, 0.3) is 5.91 Å². The first-order chi connectivity index (χ1) is 13.7. The van der Waals surface area contributed by atoms with E-state index in [9.17, 15) is 4.79 Å². The van der Waals surface area contributed by atoms with Crippen molar-refractivity contribution in [2.75, 3.05) is 7.11 Å². The molecule has 1 heterocycles. The number of benzene rings is 2. The number of hydrogen-bond acceptors (Lipinski definition) is 3. The number of methoxy groups -OCH3 is 1. The maximum absolute atomic E-state index is 13.1. The number of rotatable bonds is 5. The van der Waals surface area contributed by atoms with Crippen molar-refractivity contribution in [3.8, 4) is 5.75 Å². The van der Waals surface area contributed by atoms with Crippen LogP contribution < -0.4 is 10.1 Å². The maximum Gasteiger partial charge on any atom is 0.251 e. The molecule has 2 aromatic carbocycles. The second-order valence-corrected chi connectivity index (χ2v) is 8.95. The lowest BCUT2D eigenvalue weighted by molar-refractivity contribution is 0.0926. The topological polar surface area (TPSA) is 51.2 Å². The number of carbonyl (C=O) groups is 1. The molecule has 0 saturated heterocycles. The first-order valence-corrected chi connectivity index (χ1v) is 10.1. The standard InChI is InChI=1S/C24H27ClN2O2/c1-15-11-18(19(25)13-22(15)29-5)21(14-24(2,3)4)27-23(28)17-8-9-20-16(12-17)7-6-10-26-20/h6-13,21H,14H2,1-5H3,(H,27,28)/t21-/m0/s1. The molecule has 0 aliphatic carbocycles. The Hall–Kier alpha value is -2.59. The van der Waals surface area contributed by atoms with Crippen LogP contribution >= 0.6 is 11.6 Å². The highest BCUT2D eigenvalue weighted by atomic mass is 35.5. The van der Waals surface area contributed by atoms with E-state index < -0.39 is 0 Å². The van der Waals surface area contributed by atoms with Crippen LogP contribution in [0.2, 0.25) is 5.02 Å². The number of aromatic nitrogens is 1. The van der Waals surface area contributed by atoms with E-state index in [1.165, 1.54) is 0 Å². The fraction of sp³-hybridized carbons (Fsp3) is 0.333. The Bertz CT molecular complexity index is 1040. The van der Waals surface area contributed by atoms with Crippen LogP contribution in [-0.2, 0) is 0 Å². The second-order valence-electron chi connectivity index (χ2n) is 8.55. The first kappa shape index (κ1) is 21.1. The number of amides is 1. The molecule has 1 atom stereocenters. The smallest absolute Gasteiger partial charge is 0.251 e. The summed E-state index contributed by atoms with van der Waals surface area (Å²) in [7, 11) is 1.63. The van der Waals surface area contributed by atoms with E-state index in [2.05, 4.69) is 31.1 Å². The Morgan fingerprint density at radius 1 is 1.21 bits per heavy atom. The lowest BCUT2D eigenvalue weighted by Crippen LogP contribution is -2.31. The zero-order valence-corrected chi connectivity index (χ0v) is 18.3. The fourth-order valence-corrected chi connectivity index (χ4v) is 3.77. The van der Waals surface area contributed by atoms with Crippen molar-refractivity contribution in [1.82, 2.24) is 10.3 Å². The summed E-state index contributed by atoms with van der Waals surface area (Å²) >= 11 is 6.57. The molecule has 3 aromatic rings. The summed E-state index contributed by atoms with van der Waals surface area (Å²) in [6.45, 7) is 8.43. The lowest BCUT2D eigenvalue weighted by atomic mass is 9.85. The highest BCUT2D eigenvalue weighted by molar-refractivity contribution is 6.31. The van der Waals surface area contributed by atoms with Gasteiger partial charge >= 0.3 is 0 Å². The van der Waals surface area contributed by atoms with Crippen molar-refractivity contribution < 1.29 is 9.53 Å². The van der Waals surface area contributed by atoms with Gasteiger partial charge in [0.15, 0.2) is 0 Å². The number of nitrogens with one attached hydrogen (secondary N) is 1. The van der Waals surface area contributed by atoms with Gasteiger partial charge in [-0.3, -0.25) is 9.78 Å². The number of carbonyl (C=O) groups excluding carboxylic acids is 1. The Balaban J connectivity index is 1.94. The largest absolute Gasteiger partial charge is 0.496 e. The number of fused-ring (bicyclic) bond motifs is 1. The van der Waals surface area contributed by atoms with Gasteiger partial charge in [0.05, 0.1) is 18.7 Å². The van der Waals surface area contributed by atoms with Gasteiger partial charge in [0, 0.05) is 22.2 Å². The molecule has 1 aromatic heterocycles. The number of aryl methyl sites for hydroxylation is 1. The van der Waals surface area contributed by atoms with Gasteiger partial charge in [-0.05, 0) is 66.3 Å². The summed E-state index contributed by atoms with van der Waals surface area (Å²) < 4.78 is 5.38. The number of halogens is 1. The summed E-state index contributed by atoms with van der Waals surface area (Å²) in [6, 6.07) is 13.0. The van der Waals surface area contributed by atoms with Crippen LogP contribution in [0.4, 0.5) is 0 Å². The second kappa shape index (κ2) is 8.42. The molecule has 0 unspecified atom stereocenters. The highest BCUT2D eigenvalue weighted by Gasteiger charge is 2.25. The molecule has 1 N–H and O–H groups in total. The molecular formula is C24H27ClN2O2. The number of hydrogen-bond donors (Lipinski definition) is 1. The van der Waals surface area contributed by atoms with Crippen LogP contribution in [0, 0.1) is 12.3 Å². The maximum atomic E-state index is 13.1. The molecule has 0 aliphatic heterocycles. The Kier molecular flexibility index (Phi) is 6.13. The third-order valence-corrected chi connectivity index (χ3v) is 5.20. The van der Waals surface area contributed by atoms with Gasteiger partial charge in [-0.25, -0.2) is 0 Å². The summed E-state index contributed by atoms with van der Waals surface area (Å²) in [4.78, 5) is 17.4. The third-order valence-electron chi connectivity index (χ3n) is 4.88.